The Balaban J connectivity index is 2.75. The van der Waals surface area contributed by atoms with Crippen molar-refractivity contribution in [1.82, 2.24) is 0 Å². The van der Waals surface area contributed by atoms with Gasteiger partial charge in [-0.25, -0.2) is 4.79 Å². The number of rotatable bonds is 1. The van der Waals surface area contributed by atoms with Crippen molar-refractivity contribution >= 4 is 11.8 Å². The number of nitrogens with zero attached hydrogens (tertiary/aromatic N) is 1. The number of hydrogen-bond donors (Lipinski definition) is 0. The van der Waals surface area contributed by atoms with E-state index in [4.69, 9.17) is 4.74 Å². The van der Waals surface area contributed by atoms with Gasteiger partial charge in [-0.3, -0.25) is 0 Å². The molecule has 0 aromatic heterocycles. The summed E-state index contributed by atoms with van der Waals surface area (Å²) in [4.78, 5) is 15.3. The smallest absolute Gasteiger partial charge is 0.434 e. The Kier molecular flexibility index (Phi) is 3.82. The fraction of sp³-hybridized carbons (Fsp3) is 0.385. The lowest BCUT2D eigenvalue weighted by molar-refractivity contribution is 0.0604. The third-order valence-electron chi connectivity index (χ3n) is 1.84. The van der Waals surface area contributed by atoms with Gasteiger partial charge in [-0.1, -0.05) is 30.3 Å². The van der Waals surface area contributed by atoms with Crippen molar-refractivity contribution in [2.45, 2.75) is 33.3 Å². The Morgan fingerprint density at radius 1 is 1.19 bits per heavy atom. The average Bonchev–Trinajstić information content (AvgIpc) is 2.16. The normalized spacial score (nSPS) is 12.4. The predicted octanol–water partition coefficient (Wildman–Crippen LogP) is 3.43. The molecule has 0 radical (unpaired) electrons. The van der Waals surface area contributed by atoms with E-state index in [0.717, 1.165) is 5.56 Å². The first-order valence-corrected chi connectivity index (χ1v) is 5.22. The van der Waals surface area contributed by atoms with E-state index in [1.165, 1.54) is 0 Å². The van der Waals surface area contributed by atoms with Crippen LogP contribution in [0.5, 0.6) is 0 Å². The van der Waals surface area contributed by atoms with Crippen LogP contribution in [0, 0.1) is 0 Å². The van der Waals surface area contributed by atoms with Gasteiger partial charge >= 0.3 is 6.09 Å². The van der Waals surface area contributed by atoms with Crippen LogP contribution in [0.4, 0.5) is 4.79 Å². The van der Waals surface area contributed by atoms with Gasteiger partial charge in [0.05, 0.1) is 5.71 Å². The van der Waals surface area contributed by atoms with Crippen molar-refractivity contribution in [2.24, 2.45) is 4.99 Å². The van der Waals surface area contributed by atoms with Crippen molar-refractivity contribution < 1.29 is 9.53 Å². The van der Waals surface area contributed by atoms with Crippen LogP contribution in [0.15, 0.2) is 35.3 Å². The molecule has 3 heteroatoms. The van der Waals surface area contributed by atoms with E-state index in [1.807, 2.05) is 51.1 Å². The molecule has 0 aliphatic carbocycles. The zero-order chi connectivity index (χ0) is 12.2. The first kappa shape index (κ1) is 12.4. The topological polar surface area (TPSA) is 38.7 Å². The van der Waals surface area contributed by atoms with Crippen LogP contribution >= 0.6 is 0 Å². The Hall–Kier alpha value is -1.64. The molecule has 0 unspecified atom stereocenters. The number of amides is 1. The molecule has 0 saturated heterocycles. The monoisotopic (exact) mass is 219 g/mol. The summed E-state index contributed by atoms with van der Waals surface area (Å²) in [6.45, 7) is 7.24. The lowest BCUT2D eigenvalue weighted by atomic mass is 10.1. The van der Waals surface area contributed by atoms with Crippen molar-refractivity contribution in [3.63, 3.8) is 0 Å². The van der Waals surface area contributed by atoms with E-state index in [1.54, 1.807) is 6.92 Å². The fourth-order valence-corrected chi connectivity index (χ4v) is 1.17. The summed E-state index contributed by atoms with van der Waals surface area (Å²) in [6.07, 6.45) is -0.547. The zero-order valence-electron chi connectivity index (χ0n) is 10.2. The van der Waals surface area contributed by atoms with Crippen LogP contribution in [0.1, 0.15) is 33.3 Å². The molecule has 0 aliphatic rings. The van der Waals surface area contributed by atoms with Crippen molar-refractivity contribution in [3.8, 4) is 0 Å². The maximum Gasteiger partial charge on any atom is 0.434 e. The molecular weight excluding hydrogens is 202 g/mol. The SMILES string of the molecule is CC(=NC(=O)OC(C)(C)C)c1ccccc1. The highest BCUT2D eigenvalue weighted by atomic mass is 16.6. The van der Waals surface area contributed by atoms with Gasteiger partial charge in [0.2, 0.25) is 0 Å². The lowest BCUT2D eigenvalue weighted by Crippen LogP contribution is -2.22. The Labute approximate surface area is 96.2 Å². The van der Waals surface area contributed by atoms with E-state index in [9.17, 15) is 4.79 Å². The minimum atomic E-state index is -0.547. The molecule has 0 aliphatic heterocycles. The minimum absolute atomic E-state index is 0.502. The minimum Gasteiger partial charge on any atom is -0.442 e. The maximum atomic E-state index is 11.4. The highest BCUT2D eigenvalue weighted by Crippen LogP contribution is 2.09. The summed E-state index contributed by atoms with van der Waals surface area (Å²) in [6, 6.07) is 9.55. The molecular formula is C13H17NO2. The van der Waals surface area contributed by atoms with Crippen molar-refractivity contribution in [1.29, 1.82) is 0 Å². The first-order valence-electron chi connectivity index (χ1n) is 5.22. The van der Waals surface area contributed by atoms with Gasteiger partial charge in [0.15, 0.2) is 0 Å². The Morgan fingerprint density at radius 3 is 2.25 bits per heavy atom. The first-order chi connectivity index (χ1) is 7.38. The van der Waals surface area contributed by atoms with Crippen molar-refractivity contribution in [2.75, 3.05) is 0 Å². The molecule has 1 rings (SSSR count). The zero-order valence-corrected chi connectivity index (χ0v) is 10.2. The number of hydrogen-bond acceptors (Lipinski definition) is 2. The average molecular weight is 219 g/mol. The third kappa shape index (κ3) is 4.26. The standard InChI is InChI=1S/C13H17NO2/c1-10(11-8-6-5-7-9-11)14-12(15)16-13(2,3)4/h5-9H,1-4H3. The highest BCUT2D eigenvalue weighted by Gasteiger charge is 2.15. The Morgan fingerprint density at radius 2 is 1.75 bits per heavy atom. The van der Waals surface area contributed by atoms with E-state index in [-0.39, 0.29) is 0 Å². The lowest BCUT2D eigenvalue weighted by Gasteiger charge is -2.17. The Bertz CT molecular complexity index is 388. The van der Waals surface area contributed by atoms with Crippen LogP contribution < -0.4 is 0 Å². The molecule has 0 atom stereocenters. The van der Waals surface area contributed by atoms with Gasteiger partial charge < -0.3 is 4.74 Å². The molecule has 1 amide bonds. The van der Waals surface area contributed by atoms with Crippen LogP contribution in [0.25, 0.3) is 0 Å². The van der Waals surface area contributed by atoms with E-state index in [2.05, 4.69) is 4.99 Å². The molecule has 0 bridgehead atoms. The van der Waals surface area contributed by atoms with E-state index >= 15 is 0 Å². The summed E-state index contributed by atoms with van der Waals surface area (Å²) in [5.41, 5.74) is 1.08. The number of carbonyl (C=O) groups is 1. The highest BCUT2D eigenvalue weighted by molar-refractivity contribution is 6.03. The molecule has 16 heavy (non-hydrogen) atoms. The largest absolute Gasteiger partial charge is 0.442 e. The second-order valence-corrected chi connectivity index (χ2v) is 4.54. The molecule has 0 saturated carbocycles. The molecule has 0 spiro atoms. The van der Waals surface area contributed by atoms with Gasteiger partial charge in [0.1, 0.15) is 5.60 Å². The number of benzene rings is 1. The quantitative estimate of drug-likeness (QED) is 0.679. The molecule has 0 N–H and O–H groups in total. The number of carbonyl (C=O) groups excluding carboxylic acids is 1. The van der Waals surface area contributed by atoms with Crippen molar-refractivity contribution in [3.05, 3.63) is 35.9 Å². The van der Waals surface area contributed by atoms with Crippen LogP contribution in [0.3, 0.4) is 0 Å². The van der Waals surface area contributed by atoms with Gasteiger partial charge in [0, 0.05) is 0 Å². The molecule has 0 heterocycles. The van der Waals surface area contributed by atoms with E-state index in [0.29, 0.717) is 5.71 Å². The second kappa shape index (κ2) is 4.92. The van der Waals surface area contributed by atoms with Gasteiger partial charge in [-0.2, -0.15) is 4.99 Å². The second-order valence-electron chi connectivity index (χ2n) is 4.54. The van der Waals surface area contributed by atoms with Gasteiger partial charge in [-0.15, -0.1) is 0 Å². The van der Waals surface area contributed by atoms with Crippen LogP contribution in [-0.4, -0.2) is 17.4 Å². The maximum absolute atomic E-state index is 11.4. The van der Waals surface area contributed by atoms with Crippen LogP contribution in [-0.2, 0) is 4.74 Å². The third-order valence-corrected chi connectivity index (χ3v) is 1.84. The summed E-state index contributed by atoms with van der Waals surface area (Å²) in [5.74, 6) is 0. The summed E-state index contributed by atoms with van der Waals surface area (Å²) < 4.78 is 5.10. The van der Waals surface area contributed by atoms with E-state index < -0.39 is 11.7 Å². The fourth-order valence-electron chi connectivity index (χ4n) is 1.17. The van der Waals surface area contributed by atoms with Crippen LogP contribution in [0.2, 0.25) is 0 Å². The summed E-state index contributed by atoms with van der Waals surface area (Å²) >= 11 is 0. The molecule has 0 fully saturated rings. The molecule has 86 valence electrons. The van der Waals surface area contributed by atoms with Gasteiger partial charge in [0.25, 0.3) is 0 Å². The predicted molar refractivity (Wildman–Crippen MR) is 64.9 cm³/mol. The van der Waals surface area contributed by atoms with Gasteiger partial charge in [-0.05, 0) is 33.3 Å². The summed E-state index contributed by atoms with van der Waals surface area (Å²) in [5, 5.41) is 0. The summed E-state index contributed by atoms with van der Waals surface area (Å²) in [7, 11) is 0. The molecule has 3 nitrogen and oxygen atoms in total. The number of ether oxygens (including phenoxy) is 1. The molecule has 1 aromatic rings. The molecule has 1 aromatic carbocycles. The number of aliphatic imine (C=N–C) groups is 1.